The first-order valence-corrected chi connectivity index (χ1v) is 4.53. The van der Waals surface area contributed by atoms with Gasteiger partial charge < -0.3 is 16.2 Å². The lowest BCUT2D eigenvalue weighted by molar-refractivity contribution is 0.311. The van der Waals surface area contributed by atoms with Crippen LogP contribution in [0, 0.1) is 0 Å². The number of benzene rings is 1. The molecule has 1 aromatic rings. The van der Waals surface area contributed by atoms with Crippen molar-refractivity contribution in [3.05, 3.63) is 24.3 Å². The molecule has 74 valence electrons. The van der Waals surface area contributed by atoms with Crippen LogP contribution in [0.5, 0.6) is 0 Å². The lowest BCUT2D eigenvalue weighted by Gasteiger charge is -2.03. The molecule has 1 rings (SSSR count). The first-order chi connectivity index (χ1) is 6.33. The van der Waals surface area contributed by atoms with Crippen LogP contribution in [0.25, 0.3) is 0 Å². The van der Waals surface area contributed by atoms with Crippen LogP contribution in [0.1, 0.15) is 13.8 Å². The second-order valence-corrected chi connectivity index (χ2v) is 2.27. The molecule has 4 N–H and O–H groups in total. The van der Waals surface area contributed by atoms with E-state index < -0.39 is 0 Å². The van der Waals surface area contributed by atoms with E-state index >= 15 is 0 Å². The SMILES string of the molecule is CC.Nc1ccc(NCCO)cc1. The van der Waals surface area contributed by atoms with E-state index in [0.29, 0.717) is 6.54 Å². The summed E-state index contributed by atoms with van der Waals surface area (Å²) in [5, 5.41) is 11.5. The van der Waals surface area contributed by atoms with Gasteiger partial charge in [-0.2, -0.15) is 0 Å². The zero-order valence-electron chi connectivity index (χ0n) is 8.25. The predicted molar refractivity (Wildman–Crippen MR) is 57.8 cm³/mol. The van der Waals surface area contributed by atoms with Gasteiger partial charge in [0, 0.05) is 17.9 Å². The topological polar surface area (TPSA) is 58.3 Å². The molecule has 0 fully saturated rings. The Hall–Kier alpha value is -1.22. The molecule has 0 heterocycles. The van der Waals surface area contributed by atoms with Crippen LogP contribution in [0.4, 0.5) is 11.4 Å². The summed E-state index contributed by atoms with van der Waals surface area (Å²) in [6.45, 7) is 4.72. The summed E-state index contributed by atoms with van der Waals surface area (Å²) in [4.78, 5) is 0. The van der Waals surface area contributed by atoms with E-state index in [2.05, 4.69) is 5.32 Å². The second-order valence-electron chi connectivity index (χ2n) is 2.27. The van der Waals surface area contributed by atoms with Gasteiger partial charge in [-0.15, -0.1) is 0 Å². The summed E-state index contributed by atoms with van der Waals surface area (Å²) in [5.74, 6) is 0. The van der Waals surface area contributed by atoms with Crippen LogP contribution < -0.4 is 11.1 Å². The minimum atomic E-state index is 0.143. The number of nitrogens with two attached hydrogens (primary N) is 1. The average molecular weight is 182 g/mol. The van der Waals surface area contributed by atoms with E-state index in [-0.39, 0.29) is 6.61 Å². The molecule has 3 heteroatoms. The van der Waals surface area contributed by atoms with Crippen molar-refractivity contribution in [3.8, 4) is 0 Å². The molecular formula is C10H18N2O. The molecule has 1 aromatic carbocycles. The molecule has 0 aliphatic carbocycles. The fraction of sp³-hybridized carbons (Fsp3) is 0.400. The van der Waals surface area contributed by atoms with E-state index in [4.69, 9.17) is 10.8 Å². The first-order valence-electron chi connectivity index (χ1n) is 4.53. The Balaban J connectivity index is 0.000000671. The summed E-state index contributed by atoms with van der Waals surface area (Å²) in [5.41, 5.74) is 7.21. The molecule has 0 aromatic heterocycles. The summed E-state index contributed by atoms with van der Waals surface area (Å²) < 4.78 is 0. The van der Waals surface area contributed by atoms with E-state index in [1.54, 1.807) is 0 Å². The lowest BCUT2D eigenvalue weighted by atomic mass is 10.3. The third-order valence-corrected chi connectivity index (χ3v) is 1.35. The van der Waals surface area contributed by atoms with Crippen molar-refractivity contribution >= 4 is 11.4 Å². The van der Waals surface area contributed by atoms with E-state index in [1.165, 1.54) is 0 Å². The molecule has 0 aliphatic rings. The van der Waals surface area contributed by atoms with Crippen molar-refractivity contribution in [2.75, 3.05) is 24.2 Å². The first kappa shape index (κ1) is 11.8. The van der Waals surface area contributed by atoms with Crippen molar-refractivity contribution in [1.82, 2.24) is 0 Å². The number of anilines is 2. The number of rotatable bonds is 3. The molecule has 13 heavy (non-hydrogen) atoms. The Morgan fingerprint density at radius 3 is 2.23 bits per heavy atom. The molecular weight excluding hydrogens is 164 g/mol. The van der Waals surface area contributed by atoms with Gasteiger partial charge in [0.25, 0.3) is 0 Å². The Morgan fingerprint density at radius 1 is 1.23 bits per heavy atom. The zero-order valence-corrected chi connectivity index (χ0v) is 8.25. The van der Waals surface area contributed by atoms with Gasteiger partial charge in [0.15, 0.2) is 0 Å². The van der Waals surface area contributed by atoms with Crippen LogP contribution in [0.3, 0.4) is 0 Å². The fourth-order valence-corrected chi connectivity index (χ4v) is 0.801. The smallest absolute Gasteiger partial charge is 0.0604 e. The number of hydrogen-bond donors (Lipinski definition) is 3. The summed E-state index contributed by atoms with van der Waals surface area (Å²) in [6.07, 6.45) is 0. The van der Waals surface area contributed by atoms with Crippen LogP contribution in [0.15, 0.2) is 24.3 Å². The largest absolute Gasteiger partial charge is 0.399 e. The molecule has 0 saturated heterocycles. The molecule has 0 radical (unpaired) electrons. The molecule has 0 bridgehead atoms. The van der Waals surface area contributed by atoms with E-state index in [9.17, 15) is 0 Å². The summed E-state index contributed by atoms with van der Waals surface area (Å²) in [6, 6.07) is 7.40. The minimum absolute atomic E-state index is 0.143. The molecule has 0 saturated carbocycles. The van der Waals surface area contributed by atoms with Gasteiger partial charge >= 0.3 is 0 Å². The van der Waals surface area contributed by atoms with Gasteiger partial charge in [-0.3, -0.25) is 0 Å². The zero-order chi connectivity index (χ0) is 10.1. The van der Waals surface area contributed by atoms with Crippen LogP contribution >= 0.6 is 0 Å². The molecule has 0 amide bonds. The van der Waals surface area contributed by atoms with Crippen molar-refractivity contribution in [2.24, 2.45) is 0 Å². The van der Waals surface area contributed by atoms with Crippen LogP contribution in [-0.2, 0) is 0 Å². The van der Waals surface area contributed by atoms with Crippen molar-refractivity contribution in [1.29, 1.82) is 0 Å². The fourth-order valence-electron chi connectivity index (χ4n) is 0.801. The van der Waals surface area contributed by atoms with Crippen LogP contribution in [-0.4, -0.2) is 18.3 Å². The predicted octanol–water partition coefficient (Wildman–Crippen LogP) is 1.70. The Labute approximate surface area is 79.6 Å². The number of nitrogens with one attached hydrogen (secondary N) is 1. The third kappa shape index (κ3) is 5.09. The van der Waals surface area contributed by atoms with Gasteiger partial charge in [-0.05, 0) is 24.3 Å². The number of nitrogen functional groups attached to an aromatic ring is 1. The van der Waals surface area contributed by atoms with Gasteiger partial charge in [0.2, 0.25) is 0 Å². The Bertz CT molecular complexity index is 209. The second kappa shape index (κ2) is 7.43. The highest BCUT2D eigenvalue weighted by Crippen LogP contribution is 2.09. The normalized spacial score (nSPS) is 8.54. The molecule has 3 nitrogen and oxygen atoms in total. The van der Waals surface area contributed by atoms with Crippen molar-refractivity contribution in [2.45, 2.75) is 13.8 Å². The molecule has 0 unspecified atom stereocenters. The standard InChI is InChI=1S/C8H12N2O.C2H6/c9-7-1-3-8(4-2-7)10-5-6-11;1-2/h1-4,10-11H,5-6,9H2;1-2H3. The maximum atomic E-state index is 8.49. The maximum Gasteiger partial charge on any atom is 0.0604 e. The summed E-state index contributed by atoms with van der Waals surface area (Å²) >= 11 is 0. The number of hydrogen-bond acceptors (Lipinski definition) is 3. The lowest BCUT2D eigenvalue weighted by Crippen LogP contribution is -2.04. The quantitative estimate of drug-likeness (QED) is 0.623. The van der Waals surface area contributed by atoms with Crippen LogP contribution in [0.2, 0.25) is 0 Å². The third-order valence-electron chi connectivity index (χ3n) is 1.35. The molecule has 0 atom stereocenters. The van der Waals surface area contributed by atoms with Gasteiger partial charge in [-0.1, -0.05) is 13.8 Å². The van der Waals surface area contributed by atoms with E-state index in [1.807, 2.05) is 38.1 Å². The Morgan fingerprint density at radius 2 is 1.77 bits per heavy atom. The average Bonchev–Trinajstić information content (AvgIpc) is 2.20. The molecule has 0 spiro atoms. The monoisotopic (exact) mass is 182 g/mol. The van der Waals surface area contributed by atoms with E-state index in [0.717, 1.165) is 11.4 Å². The number of aliphatic hydroxyl groups is 1. The number of aliphatic hydroxyl groups excluding tert-OH is 1. The maximum absolute atomic E-state index is 8.49. The minimum Gasteiger partial charge on any atom is -0.399 e. The van der Waals surface area contributed by atoms with Crippen molar-refractivity contribution < 1.29 is 5.11 Å². The van der Waals surface area contributed by atoms with Gasteiger partial charge in [-0.25, -0.2) is 0 Å². The Kier molecular flexibility index (Phi) is 6.73. The highest BCUT2D eigenvalue weighted by atomic mass is 16.3. The highest BCUT2D eigenvalue weighted by molar-refractivity contribution is 5.50. The van der Waals surface area contributed by atoms with Gasteiger partial charge in [0.1, 0.15) is 0 Å². The van der Waals surface area contributed by atoms with Gasteiger partial charge in [0.05, 0.1) is 6.61 Å². The molecule has 0 aliphatic heterocycles. The summed E-state index contributed by atoms with van der Waals surface area (Å²) in [7, 11) is 0. The van der Waals surface area contributed by atoms with Crippen molar-refractivity contribution in [3.63, 3.8) is 0 Å². The highest BCUT2D eigenvalue weighted by Gasteiger charge is 1.88.